The second-order valence-corrected chi connectivity index (χ2v) is 4.81. The third-order valence-corrected chi connectivity index (χ3v) is 3.32. The van der Waals surface area contributed by atoms with Gasteiger partial charge in [0, 0.05) is 5.02 Å². The van der Waals surface area contributed by atoms with Gasteiger partial charge in [-0.1, -0.05) is 29.8 Å². The summed E-state index contributed by atoms with van der Waals surface area (Å²) in [6.07, 6.45) is 0. The number of amides is 4. The fourth-order valence-electron chi connectivity index (χ4n) is 2.09. The molecule has 0 bridgehead atoms. The van der Waals surface area contributed by atoms with Crippen LogP contribution in [0.25, 0.3) is 0 Å². The molecule has 1 heterocycles. The Balaban J connectivity index is 2.02. The van der Waals surface area contributed by atoms with Crippen molar-refractivity contribution in [1.29, 1.82) is 0 Å². The highest BCUT2D eigenvalue weighted by Crippen LogP contribution is 2.27. The topological polar surface area (TPSA) is 57.7 Å². The molecule has 0 saturated carbocycles. The number of halogens is 1. The van der Waals surface area contributed by atoms with Crippen molar-refractivity contribution >= 4 is 40.8 Å². The van der Waals surface area contributed by atoms with Gasteiger partial charge in [-0.05, 0) is 36.4 Å². The molecular formula is C15H9ClN2O3. The lowest BCUT2D eigenvalue weighted by Crippen LogP contribution is -2.33. The highest BCUT2D eigenvalue weighted by Gasteiger charge is 2.46. The Kier molecular flexibility index (Phi) is 3.19. The lowest BCUT2D eigenvalue weighted by Gasteiger charge is -2.15. The van der Waals surface area contributed by atoms with Crippen LogP contribution in [-0.4, -0.2) is 17.8 Å². The number of carbonyl (C=O) groups excluding carboxylic acids is 3. The van der Waals surface area contributed by atoms with Crippen molar-refractivity contribution in [2.75, 3.05) is 9.80 Å². The van der Waals surface area contributed by atoms with Crippen molar-refractivity contribution in [3.8, 4) is 0 Å². The molecule has 0 aromatic heterocycles. The molecule has 0 atom stereocenters. The van der Waals surface area contributed by atoms with Gasteiger partial charge in [-0.15, -0.1) is 0 Å². The minimum atomic E-state index is -0.883. The maximum absolute atomic E-state index is 12.4. The number of nitrogens with zero attached hydrogens (tertiary/aromatic N) is 2. The molecule has 0 N–H and O–H groups in total. The molecule has 1 fully saturated rings. The van der Waals surface area contributed by atoms with Gasteiger partial charge in [-0.2, -0.15) is 0 Å². The maximum atomic E-state index is 12.4. The van der Waals surface area contributed by atoms with E-state index in [4.69, 9.17) is 11.6 Å². The Hall–Kier alpha value is -2.66. The molecule has 0 spiro atoms. The van der Waals surface area contributed by atoms with Gasteiger partial charge in [0.25, 0.3) is 0 Å². The lowest BCUT2D eigenvalue weighted by molar-refractivity contribution is -0.133. The van der Waals surface area contributed by atoms with E-state index >= 15 is 0 Å². The monoisotopic (exact) mass is 300 g/mol. The van der Waals surface area contributed by atoms with Gasteiger partial charge in [-0.25, -0.2) is 14.6 Å². The minimum Gasteiger partial charge on any atom is -0.262 e. The fourth-order valence-corrected chi connectivity index (χ4v) is 2.21. The predicted octanol–water partition coefficient (Wildman–Crippen LogP) is 2.84. The second kappa shape index (κ2) is 5.03. The normalized spacial score (nSPS) is 15.0. The molecule has 21 heavy (non-hydrogen) atoms. The molecule has 2 aromatic rings. The van der Waals surface area contributed by atoms with Crippen LogP contribution < -0.4 is 9.80 Å². The fraction of sp³-hybridized carbons (Fsp3) is 0. The van der Waals surface area contributed by atoms with Crippen LogP contribution in [0.4, 0.5) is 16.2 Å². The van der Waals surface area contributed by atoms with Crippen molar-refractivity contribution < 1.29 is 14.4 Å². The zero-order valence-electron chi connectivity index (χ0n) is 10.7. The van der Waals surface area contributed by atoms with Gasteiger partial charge >= 0.3 is 17.8 Å². The first-order valence-electron chi connectivity index (χ1n) is 6.13. The lowest BCUT2D eigenvalue weighted by atomic mass is 10.3. The van der Waals surface area contributed by atoms with E-state index in [1.165, 1.54) is 12.1 Å². The molecule has 1 saturated heterocycles. The van der Waals surface area contributed by atoms with Crippen LogP contribution in [-0.2, 0) is 9.59 Å². The standard InChI is InChI=1S/C15H9ClN2O3/c16-10-6-8-12(9-7-10)18-14(20)13(19)17(15(18)21)11-4-2-1-3-5-11/h1-9H. The van der Waals surface area contributed by atoms with E-state index in [1.807, 2.05) is 0 Å². The molecule has 0 radical (unpaired) electrons. The Morgan fingerprint density at radius 2 is 1.14 bits per heavy atom. The van der Waals surface area contributed by atoms with Crippen LogP contribution in [0, 0.1) is 0 Å². The van der Waals surface area contributed by atoms with Crippen molar-refractivity contribution in [3.05, 3.63) is 59.6 Å². The molecule has 0 aliphatic carbocycles. The van der Waals surface area contributed by atoms with E-state index in [1.54, 1.807) is 42.5 Å². The summed E-state index contributed by atoms with van der Waals surface area (Å²) in [4.78, 5) is 38.2. The molecule has 0 unspecified atom stereocenters. The van der Waals surface area contributed by atoms with E-state index in [0.717, 1.165) is 9.80 Å². The Morgan fingerprint density at radius 3 is 1.67 bits per heavy atom. The van der Waals surface area contributed by atoms with E-state index in [9.17, 15) is 14.4 Å². The molecule has 1 aliphatic heterocycles. The zero-order chi connectivity index (χ0) is 15.0. The predicted molar refractivity (Wildman–Crippen MR) is 78.3 cm³/mol. The summed E-state index contributed by atoms with van der Waals surface area (Å²) in [7, 11) is 0. The number of imide groups is 2. The van der Waals surface area contributed by atoms with Gasteiger partial charge in [0.2, 0.25) is 0 Å². The summed E-state index contributed by atoms with van der Waals surface area (Å²) >= 11 is 5.78. The van der Waals surface area contributed by atoms with E-state index in [2.05, 4.69) is 0 Å². The first-order valence-corrected chi connectivity index (χ1v) is 6.50. The van der Waals surface area contributed by atoms with Crippen molar-refractivity contribution in [2.45, 2.75) is 0 Å². The van der Waals surface area contributed by atoms with Gasteiger partial charge in [0.05, 0.1) is 11.4 Å². The highest BCUT2D eigenvalue weighted by molar-refractivity contribution is 6.60. The van der Waals surface area contributed by atoms with Crippen LogP contribution in [0.5, 0.6) is 0 Å². The number of urea groups is 1. The van der Waals surface area contributed by atoms with Crippen LogP contribution in [0.1, 0.15) is 0 Å². The quantitative estimate of drug-likeness (QED) is 0.633. The summed E-state index contributed by atoms with van der Waals surface area (Å²) in [6.45, 7) is 0. The van der Waals surface area contributed by atoms with Crippen LogP contribution in [0.3, 0.4) is 0 Å². The molecular weight excluding hydrogens is 292 g/mol. The average Bonchev–Trinajstić information content (AvgIpc) is 2.72. The molecule has 2 aromatic carbocycles. The van der Waals surface area contributed by atoms with Gasteiger partial charge in [0.1, 0.15) is 0 Å². The third-order valence-electron chi connectivity index (χ3n) is 3.07. The molecule has 4 amide bonds. The molecule has 3 rings (SSSR count). The Labute approximate surface area is 125 Å². The number of rotatable bonds is 2. The zero-order valence-corrected chi connectivity index (χ0v) is 11.4. The average molecular weight is 301 g/mol. The van der Waals surface area contributed by atoms with E-state index in [0.29, 0.717) is 16.4 Å². The summed E-state index contributed by atoms with van der Waals surface area (Å²) in [6, 6.07) is 13.7. The number of benzene rings is 2. The van der Waals surface area contributed by atoms with Crippen molar-refractivity contribution in [3.63, 3.8) is 0 Å². The number of anilines is 2. The molecule has 1 aliphatic rings. The summed E-state index contributed by atoms with van der Waals surface area (Å²) in [5.41, 5.74) is 0.665. The summed E-state index contributed by atoms with van der Waals surface area (Å²) < 4.78 is 0. The van der Waals surface area contributed by atoms with Crippen LogP contribution in [0.15, 0.2) is 54.6 Å². The maximum Gasteiger partial charge on any atom is 0.343 e. The minimum absolute atomic E-state index is 0.307. The van der Waals surface area contributed by atoms with Gasteiger partial charge < -0.3 is 0 Å². The SMILES string of the molecule is O=C1C(=O)N(c2ccc(Cl)cc2)C(=O)N1c1ccccc1. The second-order valence-electron chi connectivity index (χ2n) is 4.38. The summed E-state index contributed by atoms with van der Waals surface area (Å²) in [5, 5.41) is 0.476. The Morgan fingerprint density at radius 1 is 0.667 bits per heavy atom. The third kappa shape index (κ3) is 2.17. The van der Waals surface area contributed by atoms with Gasteiger partial charge in [-0.3, -0.25) is 9.59 Å². The van der Waals surface area contributed by atoms with E-state index < -0.39 is 17.8 Å². The van der Waals surface area contributed by atoms with E-state index in [-0.39, 0.29) is 0 Å². The van der Waals surface area contributed by atoms with Crippen LogP contribution in [0.2, 0.25) is 5.02 Å². The smallest absolute Gasteiger partial charge is 0.262 e. The number of hydrogen-bond acceptors (Lipinski definition) is 3. The highest BCUT2D eigenvalue weighted by atomic mass is 35.5. The Bertz CT molecular complexity index is 728. The van der Waals surface area contributed by atoms with Gasteiger partial charge in [0.15, 0.2) is 0 Å². The molecule has 104 valence electrons. The molecule has 6 heteroatoms. The first kappa shape index (κ1) is 13.3. The number of hydrogen-bond donors (Lipinski definition) is 0. The number of carbonyl (C=O) groups is 3. The summed E-state index contributed by atoms with van der Waals surface area (Å²) in [5.74, 6) is -1.76. The van der Waals surface area contributed by atoms with Crippen molar-refractivity contribution in [2.24, 2.45) is 0 Å². The number of para-hydroxylation sites is 1. The van der Waals surface area contributed by atoms with Crippen molar-refractivity contribution in [1.82, 2.24) is 0 Å². The largest absolute Gasteiger partial charge is 0.343 e. The molecule has 5 nitrogen and oxygen atoms in total. The van der Waals surface area contributed by atoms with Crippen LogP contribution >= 0.6 is 11.6 Å². The first-order chi connectivity index (χ1) is 10.1.